The second kappa shape index (κ2) is 13.2. The van der Waals surface area contributed by atoms with Crippen LogP contribution < -0.4 is 9.62 Å². The van der Waals surface area contributed by atoms with Crippen LogP contribution in [0.1, 0.15) is 26.3 Å². The highest BCUT2D eigenvalue weighted by Crippen LogP contribution is 2.33. The fourth-order valence-electron chi connectivity index (χ4n) is 3.75. The quantitative estimate of drug-likeness (QED) is 0.279. The first-order chi connectivity index (χ1) is 18.3. The van der Waals surface area contributed by atoms with E-state index in [9.17, 15) is 18.0 Å². The van der Waals surface area contributed by atoms with Gasteiger partial charge < -0.3 is 10.2 Å². The second-order valence-corrected chi connectivity index (χ2v) is 12.5. The van der Waals surface area contributed by atoms with Crippen molar-refractivity contribution in [1.29, 1.82) is 0 Å². The molecule has 0 fully saturated rings. The average molecular weight is 631 g/mol. The van der Waals surface area contributed by atoms with Crippen molar-refractivity contribution >= 4 is 73.9 Å². The summed E-state index contributed by atoms with van der Waals surface area (Å²) in [6, 6.07) is 15.6. The second-order valence-electron chi connectivity index (χ2n) is 8.98. The zero-order valence-corrected chi connectivity index (χ0v) is 25.2. The first kappa shape index (κ1) is 31.0. The molecule has 0 aliphatic carbocycles. The van der Waals surface area contributed by atoms with Gasteiger partial charge in [-0.1, -0.05) is 70.7 Å². The van der Waals surface area contributed by atoms with Gasteiger partial charge in [0.2, 0.25) is 11.8 Å². The predicted octanol–water partition coefficient (Wildman–Crippen LogP) is 6.44. The third-order valence-corrected chi connectivity index (χ3v) is 8.81. The highest BCUT2D eigenvalue weighted by Gasteiger charge is 2.34. The van der Waals surface area contributed by atoms with Crippen LogP contribution in [0.4, 0.5) is 5.69 Å². The summed E-state index contributed by atoms with van der Waals surface area (Å²) >= 11 is 25.3. The van der Waals surface area contributed by atoms with E-state index < -0.39 is 34.4 Å². The molecule has 0 aromatic heterocycles. The molecular formula is C27H27Cl4N3O4S. The van der Waals surface area contributed by atoms with E-state index in [0.29, 0.717) is 15.6 Å². The van der Waals surface area contributed by atoms with Crippen molar-refractivity contribution < 1.29 is 18.0 Å². The van der Waals surface area contributed by atoms with Gasteiger partial charge in [-0.3, -0.25) is 13.9 Å². The maximum absolute atomic E-state index is 13.9. The SMILES string of the molecule is CC(C)NC(=O)[C@@H](C)N(Cc1c(Cl)cccc1Cl)C(=O)CN(c1cc(Cl)ccc1Cl)S(=O)(=O)c1ccccc1. The third-order valence-electron chi connectivity index (χ3n) is 5.78. The zero-order chi connectivity index (χ0) is 28.9. The number of hydrogen-bond donors (Lipinski definition) is 1. The minimum atomic E-state index is -4.29. The lowest BCUT2D eigenvalue weighted by molar-refractivity contribution is -0.139. The van der Waals surface area contributed by atoms with Crippen molar-refractivity contribution in [3.05, 3.63) is 92.4 Å². The normalized spacial score (nSPS) is 12.2. The molecule has 0 saturated heterocycles. The number of nitrogens with zero attached hydrogens (tertiary/aromatic N) is 2. The van der Waals surface area contributed by atoms with Crippen molar-refractivity contribution in [1.82, 2.24) is 10.2 Å². The lowest BCUT2D eigenvalue weighted by atomic mass is 10.1. The topological polar surface area (TPSA) is 86.8 Å². The molecule has 3 rings (SSSR count). The predicted molar refractivity (Wildman–Crippen MR) is 157 cm³/mol. The summed E-state index contributed by atoms with van der Waals surface area (Å²) in [7, 11) is -4.29. The summed E-state index contributed by atoms with van der Waals surface area (Å²) in [4.78, 5) is 28.1. The van der Waals surface area contributed by atoms with Crippen LogP contribution in [0.25, 0.3) is 0 Å². The number of carbonyl (C=O) groups is 2. The van der Waals surface area contributed by atoms with E-state index in [1.165, 1.54) is 35.2 Å². The van der Waals surface area contributed by atoms with Crippen LogP contribution in [0.5, 0.6) is 0 Å². The van der Waals surface area contributed by atoms with Gasteiger partial charge in [0.05, 0.1) is 15.6 Å². The Morgan fingerprint density at radius 3 is 2.05 bits per heavy atom. The van der Waals surface area contributed by atoms with Gasteiger partial charge in [0.25, 0.3) is 10.0 Å². The maximum Gasteiger partial charge on any atom is 0.264 e. The van der Waals surface area contributed by atoms with Gasteiger partial charge in [-0.15, -0.1) is 0 Å². The Bertz CT molecular complexity index is 1430. The van der Waals surface area contributed by atoms with E-state index in [1.54, 1.807) is 57.2 Å². The Morgan fingerprint density at radius 2 is 1.46 bits per heavy atom. The maximum atomic E-state index is 13.9. The summed E-state index contributed by atoms with van der Waals surface area (Å²) in [6.45, 7) is 4.29. The van der Waals surface area contributed by atoms with Crippen molar-refractivity contribution in [3.8, 4) is 0 Å². The number of benzene rings is 3. The smallest absolute Gasteiger partial charge is 0.264 e. The van der Waals surface area contributed by atoms with Crippen molar-refractivity contribution in [2.45, 2.75) is 44.3 Å². The summed E-state index contributed by atoms with van der Waals surface area (Å²) in [6.07, 6.45) is 0. The summed E-state index contributed by atoms with van der Waals surface area (Å²) in [5.74, 6) is -1.12. The van der Waals surface area contributed by atoms with Crippen LogP contribution in [0.3, 0.4) is 0 Å². The molecule has 39 heavy (non-hydrogen) atoms. The summed E-state index contributed by atoms with van der Waals surface area (Å²) in [5.41, 5.74) is 0.424. The molecule has 1 atom stereocenters. The molecule has 7 nitrogen and oxygen atoms in total. The van der Waals surface area contributed by atoms with E-state index in [1.807, 2.05) is 0 Å². The number of halogens is 4. The summed E-state index contributed by atoms with van der Waals surface area (Å²) < 4.78 is 28.5. The standard InChI is InChI=1S/C27H27Cl4N3O4S/c1-17(2)32-27(36)18(3)33(15-21-22(29)10-7-11-23(21)30)26(35)16-34(25-14-19(28)12-13-24(25)31)39(37,38)20-8-5-4-6-9-20/h4-14,17-18H,15-16H2,1-3H3,(H,32,36)/t18-/m1/s1. The Labute approximate surface area is 248 Å². The minimum absolute atomic E-state index is 0.0105. The van der Waals surface area contributed by atoms with Gasteiger partial charge in [-0.2, -0.15) is 0 Å². The number of nitrogens with one attached hydrogen (secondary N) is 1. The molecule has 0 spiro atoms. The number of anilines is 1. The first-order valence-corrected chi connectivity index (χ1v) is 14.8. The van der Waals surface area contributed by atoms with Gasteiger partial charge in [-0.05, 0) is 63.2 Å². The molecule has 0 heterocycles. The number of rotatable bonds is 10. The van der Waals surface area contributed by atoms with Gasteiger partial charge >= 0.3 is 0 Å². The molecule has 3 aromatic carbocycles. The molecule has 1 N–H and O–H groups in total. The highest BCUT2D eigenvalue weighted by molar-refractivity contribution is 7.92. The largest absolute Gasteiger partial charge is 0.352 e. The Morgan fingerprint density at radius 1 is 0.846 bits per heavy atom. The van der Waals surface area contributed by atoms with Crippen LogP contribution in [-0.2, 0) is 26.2 Å². The number of sulfonamides is 1. The van der Waals surface area contributed by atoms with Crippen LogP contribution >= 0.6 is 46.4 Å². The number of carbonyl (C=O) groups excluding carboxylic acids is 2. The van der Waals surface area contributed by atoms with E-state index in [4.69, 9.17) is 46.4 Å². The molecule has 0 radical (unpaired) electrons. The molecule has 12 heteroatoms. The Hall–Kier alpha value is -2.49. The van der Waals surface area contributed by atoms with Crippen LogP contribution in [0.15, 0.2) is 71.6 Å². The Kier molecular flexibility index (Phi) is 10.5. The fraction of sp³-hybridized carbons (Fsp3) is 0.259. The molecule has 2 amide bonds. The van der Waals surface area contributed by atoms with Crippen LogP contribution in [0, 0.1) is 0 Å². The van der Waals surface area contributed by atoms with Crippen molar-refractivity contribution in [3.63, 3.8) is 0 Å². The number of amides is 2. The highest BCUT2D eigenvalue weighted by atomic mass is 35.5. The van der Waals surface area contributed by atoms with Gasteiger partial charge in [0, 0.05) is 33.2 Å². The van der Waals surface area contributed by atoms with Gasteiger partial charge in [0.1, 0.15) is 12.6 Å². The van der Waals surface area contributed by atoms with Crippen LogP contribution in [0.2, 0.25) is 20.1 Å². The zero-order valence-electron chi connectivity index (χ0n) is 21.4. The summed E-state index contributed by atoms with van der Waals surface area (Å²) in [5, 5.41) is 3.66. The molecule has 0 bridgehead atoms. The number of hydrogen-bond acceptors (Lipinski definition) is 4. The van der Waals surface area contributed by atoms with E-state index in [-0.39, 0.29) is 33.2 Å². The third kappa shape index (κ3) is 7.58. The molecule has 0 aliphatic rings. The van der Waals surface area contributed by atoms with E-state index in [2.05, 4.69) is 5.32 Å². The van der Waals surface area contributed by atoms with Gasteiger partial charge in [0.15, 0.2) is 0 Å². The lowest BCUT2D eigenvalue weighted by Gasteiger charge is -2.33. The molecule has 0 unspecified atom stereocenters. The molecule has 0 saturated carbocycles. The monoisotopic (exact) mass is 629 g/mol. The van der Waals surface area contributed by atoms with Gasteiger partial charge in [-0.25, -0.2) is 8.42 Å². The lowest BCUT2D eigenvalue weighted by Crippen LogP contribution is -2.52. The van der Waals surface area contributed by atoms with Crippen LogP contribution in [-0.4, -0.2) is 43.8 Å². The minimum Gasteiger partial charge on any atom is -0.352 e. The van der Waals surface area contributed by atoms with E-state index >= 15 is 0 Å². The Balaban J connectivity index is 2.10. The molecule has 0 aliphatic heterocycles. The van der Waals surface area contributed by atoms with Crippen molar-refractivity contribution in [2.75, 3.05) is 10.8 Å². The molecular weight excluding hydrogens is 604 g/mol. The van der Waals surface area contributed by atoms with Crippen molar-refractivity contribution in [2.24, 2.45) is 0 Å². The first-order valence-electron chi connectivity index (χ1n) is 11.9. The van der Waals surface area contributed by atoms with E-state index in [0.717, 1.165) is 4.31 Å². The molecule has 208 valence electrons. The molecule has 3 aromatic rings. The fourth-order valence-corrected chi connectivity index (χ4v) is 6.15. The average Bonchev–Trinajstić information content (AvgIpc) is 2.88.